The molecule has 6 nitrogen and oxygen atoms in total. The molecular weight excluding hydrogens is 424 g/mol. The van der Waals surface area contributed by atoms with Gasteiger partial charge in [-0.3, -0.25) is 14.5 Å². The quantitative estimate of drug-likeness (QED) is 0.609. The summed E-state index contributed by atoms with van der Waals surface area (Å²) in [5, 5.41) is 12.7. The predicted molar refractivity (Wildman–Crippen MR) is 127 cm³/mol. The first-order chi connectivity index (χ1) is 15.1. The molecule has 2 aliphatic rings. The van der Waals surface area contributed by atoms with E-state index in [0.717, 1.165) is 43.0 Å². The third kappa shape index (κ3) is 6.70. The monoisotopic (exact) mass is 458 g/mol. The van der Waals surface area contributed by atoms with Crippen molar-refractivity contribution in [3.63, 3.8) is 0 Å². The Bertz CT molecular complexity index is 904. The highest BCUT2D eigenvalue weighted by molar-refractivity contribution is 6.31. The highest BCUT2D eigenvalue weighted by atomic mass is 35.5. The van der Waals surface area contributed by atoms with Crippen LogP contribution < -0.4 is 5.32 Å². The Labute approximate surface area is 196 Å². The molecule has 0 radical (unpaired) electrons. The Balaban J connectivity index is 1.60. The van der Waals surface area contributed by atoms with Crippen LogP contribution in [0, 0.1) is 29.6 Å². The number of piperazine rings is 1. The van der Waals surface area contributed by atoms with Crippen LogP contribution in [-0.4, -0.2) is 47.3 Å². The predicted octanol–water partition coefficient (Wildman–Crippen LogP) is 4.75. The number of benzene rings is 1. The van der Waals surface area contributed by atoms with Crippen LogP contribution in [0.3, 0.4) is 0 Å². The van der Waals surface area contributed by atoms with E-state index in [2.05, 4.69) is 23.2 Å². The fraction of sp³-hybridized carbons (Fsp3) is 0.640. The first-order valence-electron chi connectivity index (χ1n) is 11.6. The van der Waals surface area contributed by atoms with Crippen LogP contribution in [0.4, 0.5) is 5.69 Å². The lowest BCUT2D eigenvalue weighted by molar-refractivity contribution is -0.136. The zero-order valence-corrected chi connectivity index (χ0v) is 20.5. The number of halogens is 1. The minimum Gasteiger partial charge on any atom is -0.337 e. The van der Waals surface area contributed by atoms with Crippen LogP contribution in [0.15, 0.2) is 12.1 Å². The minimum absolute atomic E-state index is 0.110. The van der Waals surface area contributed by atoms with Gasteiger partial charge in [-0.2, -0.15) is 5.26 Å². The molecule has 1 saturated carbocycles. The van der Waals surface area contributed by atoms with Crippen molar-refractivity contribution in [3.8, 4) is 6.07 Å². The number of hydrogen-bond acceptors (Lipinski definition) is 4. The number of hydrogen-bond donors (Lipinski definition) is 1. The van der Waals surface area contributed by atoms with E-state index in [1.165, 1.54) is 12.8 Å². The minimum atomic E-state index is -0.523. The maximum Gasteiger partial charge on any atom is 0.224 e. The van der Waals surface area contributed by atoms with Crippen molar-refractivity contribution >= 4 is 29.1 Å². The van der Waals surface area contributed by atoms with Gasteiger partial charge in [0, 0.05) is 55.8 Å². The Morgan fingerprint density at radius 1 is 1.28 bits per heavy atom. The molecule has 32 heavy (non-hydrogen) atoms. The second kappa shape index (κ2) is 10.2. The summed E-state index contributed by atoms with van der Waals surface area (Å²) in [7, 11) is 0. The number of carbonyl (C=O) groups is 2. The SMILES string of the molecule is Cc1c(CN2CCN(C(=O)CC3CC3)C(C)C2)cc(Cl)cc1NC(=O)CCC(C)(C)C#N. The van der Waals surface area contributed by atoms with E-state index in [9.17, 15) is 9.59 Å². The molecule has 3 rings (SSSR count). The molecule has 2 amide bonds. The number of carbonyl (C=O) groups excluding carboxylic acids is 2. The van der Waals surface area contributed by atoms with Crippen LogP contribution in [-0.2, 0) is 16.1 Å². The fourth-order valence-corrected chi connectivity index (χ4v) is 4.44. The van der Waals surface area contributed by atoms with Crippen molar-refractivity contribution < 1.29 is 9.59 Å². The van der Waals surface area contributed by atoms with E-state index in [0.29, 0.717) is 29.7 Å². The first-order valence-corrected chi connectivity index (χ1v) is 12.0. The van der Waals surface area contributed by atoms with Crippen molar-refractivity contribution in [1.29, 1.82) is 5.26 Å². The summed E-state index contributed by atoms with van der Waals surface area (Å²) < 4.78 is 0. The van der Waals surface area contributed by atoms with Crippen molar-refractivity contribution in [2.45, 2.75) is 72.4 Å². The molecule has 2 fully saturated rings. The van der Waals surface area contributed by atoms with Gasteiger partial charge in [-0.15, -0.1) is 0 Å². The normalized spacial score (nSPS) is 19.5. The molecule has 1 N–H and O–H groups in total. The highest BCUT2D eigenvalue weighted by Crippen LogP contribution is 2.33. The average Bonchev–Trinajstić information content (AvgIpc) is 3.54. The third-order valence-electron chi connectivity index (χ3n) is 6.62. The molecule has 0 bridgehead atoms. The molecule has 1 aliphatic carbocycles. The van der Waals surface area contributed by atoms with E-state index in [4.69, 9.17) is 16.9 Å². The third-order valence-corrected chi connectivity index (χ3v) is 6.84. The zero-order valence-electron chi connectivity index (χ0n) is 19.7. The van der Waals surface area contributed by atoms with Gasteiger partial charge in [0.05, 0.1) is 11.5 Å². The Hall–Kier alpha value is -2.10. The largest absolute Gasteiger partial charge is 0.337 e. The maximum absolute atomic E-state index is 12.5. The van der Waals surface area contributed by atoms with Gasteiger partial charge in [-0.1, -0.05) is 11.6 Å². The Morgan fingerprint density at radius 2 is 2.00 bits per heavy atom. The summed E-state index contributed by atoms with van der Waals surface area (Å²) in [6.45, 7) is 10.9. The highest BCUT2D eigenvalue weighted by Gasteiger charge is 2.32. The number of amides is 2. The van der Waals surface area contributed by atoms with E-state index in [-0.39, 0.29) is 18.4 Å². The van der Waals surface area contributed by atoms with Crippen LogP contribution in [0.5, 0.6) is 0 Å². The second-order valence-corrected chi connectivity index (χ2v) is 10.5. The van der Waals surface area contributed by atoms with Crippen molar-refractivity contribution in [2.24, 2.45) is 11.3 Å². The molecule has 1 heterocycles. The summed E-state index contributed by atoms with van der Waals surface area (Å²) in [5.41, 5.74) is 2.28. The Kier molecular flexibility index (Phi) is 7.84. The van der Waals surface area contributed by atoms with Gasteiger partial charge in [-0.25, -0.2) is 0 Å². The van der Waals surface area contributed by atoms with Gasteiger partial charge in [0.1, 0.15) is 0 Å². The summed E-state index contributed by atoms with van der Waals surface area (Å²) in [4.78, 5) is 29.4. The maximum atomic E-state index is 12.5. The van der Waals surface area contributed by atoms with E-state index in [1.807, 2.05) is 31.7 Å². The lowest BCUT2D eigenvalue weighted by Gasteiger charge is -2.40. The van der Waals surface area contributed by atoms with E-state index >= 15 is 0 Å². The number of nitrogens with one attached hydrogen (secondary N) is 1. The van der Waals surface area contributed by atoms with Gasteiger partial charge in [0.25, 0.3) is 0 Å². The molecule has 1 unspecified atom stereocenters. The first kappa shape index (κ1) is 24.5. The number of rotatable bonds is 8. The molecule has 1 aromatic rings. The fourth-order valence-electron chi connectivity index (χ4n) is 4.20. The van der Waals surface area contributed by atoms with Crippen LogP contribution in [0.2, 0.25) is 5.02 Å². The topological polar surface area (TPSA) is 76.4 Å². The van der Waals surface area contributed by atoms with E-state index < -0.39 is 5.41 Å². The smallest absolute Gasteiger partial charge is 0.224 e. The lowest BCUT2D eigenvalue weighted by atomic mass is 9.89. The molecule has 1 aromatic carbocycles. The van der Waals surface area contributed by atoms with Crippen molar-refractivity contribution in [3.05, 3.63) is 28.3 Å². The lowest BCUT2D eigenvalue weighted by Crippen LogP contribution is -2.53. The Morgan fingerprint density at radius 3 is 2.62 bits per heavy atom. The molecular formula is C25H35ClN4O2. The zero-order chi connectivity index (χ0) is 23.5. The van der Waals surface area contributed by atoms with Crippen LogP contribution in [0.1, 0.15) is 64.0 Å². The van der Waals surface area contributed by atoms with Gasteiger partial charge in [0.2, 0.25) is 11.8 Å². The summed E-state index contributed by atoms with van der Waals surface area (Å²) in [6, 6.07) is 6.16. The standard InChI is InChI=1S/C25H35ClN4O2/c1-17-14-29(9-10-30(17)24(32)11-19-5-6-19)15-20-12-21(26)13-22(18(20)2)28-23(31)7-8-25(3,4)16-27/h12-13,17,19H,5-11,14-15H2,1-4H3,(H,28,31). The van der Waals surface area contributed by atoms with Gasteiger partial charge in [0.15, 0.2) is 0 Å². The van der Waals surface area contributed by atoms with Crippen molar-refractivity contribution in [2.75, 3.05) is 25.0 Å². The molecule has 7 heteroatoms. The molecule has 1 atom stereocenters. The molecule has 1 aliphatic heterocycles. The summed E-state index contributed by atoms with van der Waals surface area (Å²) in [5.74, 6) is 0.797. The van der Waals surface area contributed by atoms with E-state index in [1.54, 1.807) is 6.07 Å². The molecule has 174 valence electrons. The molecule has 1 saturated heterocycles. The summed E-state index contributed by atoms with van der Waals surface area (Å²) >= 11 is 6.38. The van der Waals surface area contributed by atoms with Gasteiger partial charge in [-0.05, 0) is 76.1 Å². The average molecular weight is 459 g/mol. The second-order valence-electron chi connectivity index (χ2n) is 10.1. The van der Waals surface area contributed by atoms with Gasteiger partial charge < -0.3 is 10.2 Å². The number of nitriles is 1. The number of nitrogens with zero attached hydrogens (tertiary/aromatic N) is 3. The number of anilines is 1. The molecule has 0 aromatic heterocycles. The molecule has 0 spiro atoms. The van der Waals surface area contributed by atoms with Gasteiger partial charge >= 0.3 is 0 Å². The summed E-state index contributed by atoms with van der Waals surface area (Å²) in [6.07, 6.45) is 3.89. The van der Waals surface area contributed by atoms with Crippen molar-refractivity contribution in [1.82, 2.24) is 9.80 Å². The van der Waals surface area contributed by atoms with Crippen LogP contribution in [0.25, 0.3) is 0 Å². The van der Waals surface area contributed by atoms with Crippen LogP contribution >= 0.6 is 11.6 Å².